The van der Waals surface area contributed by atoms with E-state index in [-0.39, 0.29) is 20.6 Å². The normalized spacial score (nSPS) is 16.7. The second-order valence-corrected chi connectivity index (χ2v) is 15.0. The van der Waals surface area contributed by atoms with Gasteiger partial charge >= 0.3 is 246 Å². The zero-order chi connectivity index (χ0) is 33.0. The first-order valence-electron chi connectivity index (χ1n) is 15.2. The summed E-state index contributed by atoms with van der Waals surface area (Å²) < 4.78 is 82.3. The van der Waals surface area contributed by atoms with Crippen LogP contribution in [0.3, 0.4) is 0 Å². The van der Waals surface area contributed by atoms with E-state index in [0.29, 0.717) is 12.8 Å². The Labute approximate surface area is 270 Å². The number of carbonyl (C=O) groups excluding carboxylic acids is 2. The molecule has 1 heterocycles. The van der Waals surface area contributed by atoms with Gasteiger partial charge in [0, 0.05) is 0 Å². The summed E-state index contributed by atoms with van der Waals surface area (Å²) in [6.07, 6.45) is -5.70. The first-order valence-corrected chi connectivity index (χ1v) is 17.5. The van der Waals surface area contributed by atoms with Crippen molar-refractivity contribution in [2.75, 3.05) is 32.8 Å². The van der Waals surface area contributed by atoms with Crippen molar-refractivity contribution in [1.82, 2.24) is 10.2 Å². The van der Waals surface area contributed by atoms with Crippen LogP contribution in [0, 0.1) is 0 Å². The van der Waals surface area contributed by atoms with Crippen LogP contribution in [0.5, 0.6) is 5.75 Å². The molecule has 46 heavy (non-hydrogen) atoms. The number of para-hydroxylation sites is 1. The van der Waals surface area contributed by atoms with Gasteiger partial charge in [-0.1, -0.05) is 12.1 Å². The molecule has 0 radical (unpaired) electrons. The molecule has 0 bridgehead atoms. The molecule has 1 saturated heterocycles. The first kappa shape index (κ1) is 34.0. The van der Waals surface area contributed by atoms with Crippen LogP contribution < -0.4 is 10.1 Å². The number of halogens is 6. The van der Waals surface area contributed by atoms with Crippen LogP contribution in [0.25, 0.3) is 11.1 Å². The number of fused-ring (bicyclic) bond motifs is 3. The van der Waals surface area contributed by atoms with Crippen LogP contribution in [0.1, 0.15) is 53.6 Å². The van der Waals surface area contributed by atoms with Gasteiger partial charge in [-0.05, 0) is 0 Å². The van der Waals surface area contributed by atoms with Gasteiger partial charge in [-0.25, -0.2) is 0 Å². The van der Waals surface area contributed by atoms with Gasteiger partial charge in [0.1, 0.15) is 0 Å². The summed E-state index contributed by atoms with van der Waals surface area (Å²) in [6, 6.07) is 20.9. The number of rotatable bonds is 12. The number of alkyl halides is 6. The third kappa shape index (κ3) is 7.97. The van der Waals surface area contributed by atoms with E-state index < -0.39 is 52.6 Å². The number of ether oxygens (including phenoxy) is 1. The van der Waals surface area contributed by atoms with Crippen LogP contribution in [0.15, 0.2) is 72.8 Å². The SMILES string of the molecule is O=C([AsH]C1CCN(CCCCC2(C(=O)NCC(F)(F)F)c3ccccc3-c3ccccc32)CC1)c1ccccc1OCC(F)(F)F. The van der Waals surface area contributed by atoms with Gasteiger partial charge in [0.05, 0.1) is 0 Å². The average molecular weight is 709 g/mol. The molecule has 0 spiro atoms. The molecule has 1 fully saturated rings. The van der Waals surface area contributed by atoms with E-state index in [9.17, 15) is 35.9 Å². The van der Waals surface area contributed by atoms with E-state index in [2.05, 4.69) is 10.2 Å². The summed E-state index contributed by atoms with van der Waals surface area (Å²) in [5.41, 5.74) is 2.13. The van der Waals surface area contributed by atoms with Gasteiger partial charge < -0.3 is 0 Å². The second-order valence-electron chi connectivity index (χ2n) is 11.7. The number of carbonyl (C=O) groups is 2. The Bertz CT molecular complexity index is 1490. The predicted molar refractivity (Wildman–Crippen MR) is 164 cm³/mol. The van der Waals surface area contributed by atoms with E-state index >= 15 is 0 Å². The predicted octanol–water partition coefficient (Wildman–Crippen LogP) is 6.90. The molecule has 1 amide bonds. The number of benzene rings is 3. The fourth-order valence-electron chi connectivity index (χ4n) is 6.51. The van der Waals surface area contributed by atoms with Crippen LogP contribution in [0.4, 0.5) is 26.3 Å². The Morgan fingerprint density at radius 1 is 0.826 bits per heavy atom. The Balaban J connectivity index is 1.17. The topological polar surface area (TPSA) is 58.6 Å². The van der Waals surface area contributed by atoms with Crippen molar-refractivity contribution in [2.45, 2.75) is 54.6 Å². The number of piperidine rings is 1. The van der Waals surface area contributed by atoms with Crippen LogP contribution in [-0.2, 0) is 10.2 Å². The quantitative estimate of drug-likeness (QED) is 0.126. The van der Waals surface area contributed by atoms with Gasteiger partial charge in [-0.2, -0.15) is 13.2 Å². The summed E-state index contributed by atoms with van der Waals surface area (Å²) in [5, 5.41) is 2.17. The van der Waals surface area contributed by atoms with Gasteiger partial charge in [0.15, 0.2) is 0 Å². The minimum absolute atomic E-state index is 0.0385. The number of hydrogen-bond donors (Lipinski definition) is 1. The fraction of sp³-hybridized carbons (Fsp3) is 0.412. The maximum absolute atomic E-state index is 13.7. The van der Waals surface area contributed by atoms with Gasteiger partial charge in [-0.15, -0.1) is 0 Å². The Kier molecular flexibility index (Phi) is 10.5. The van der Waals surface area contributed by atoms with E-state index in [1.807, 2.05) is 48.5 Å². The van der Waals surface area contributed by atoms with Gasteiger partial charge in [-0.3, -0.25) is 0 Å². The molecule has 0 aromatic heterocycles. The van der Waals surface area contributed by atoms with Crippen molar-refractivity contribution in [1.29, 1.82) is 0 Å². The second kappa shape index (κ2) is 14.2. The molecule has 1 N–H and O–H groups in total. The van der Waals surface area contributed by atoms with E-state index in [1.54, 1.807) is 12.1 Å². The molecule has 0 saturated carbocycles. The van der Waals surface area contributed by atoms with E-state index in [1.165, 1.54) is 12.1 Å². The van der Waals surface area contributed by atoms with Crippen molar-refractivity contribution in [3.05, 3.63) is 89.5 Å². The summed E-state index contributed by atoms with van der Waals surface area (Å²) in [5.74, 6) is -0.689. The third-order valence-electron chi connectivity index (χ3n) is 8.62. The molecule has 5 nitrogen and oxygen atoms in total. The number of amides is 1. The van der Waals surface area contributed by atoms with Gasteiger partial charge in [0.2, 0.25) is 0 Å². The molecular weight excluding hydrogens is 673 g/mol. The van der Waals surface area contributed by atoms with Gasteiger partial charge in [0.25, 0.3) is 0 Å². The molecule has 1 unspecified atom stereocenters. The first-order chi connectivity index (χ1) is 21.9. The summed E-state index contributed by atoms with van der Waals surface area (Å²) in [7, 11) is 0. The number of nitrogens with one attached hydrogen (secondary N) is 1. The van der Waals surface area contributed by atoms with Crippen molar-refractivity contribution in [3.63, 3.8) is 0 Å². The van der Waals surface area contributed by atoms with E-state index in [4.69, 9.17) is 4.74 Å². The zero-order valence-electron chi connectivity index (χ0n) is 25.0. The average Bonchev–Trinajstić information content (AvgIpc) is 3.32. The summed E-state index contributed by atoms with van der Waals surface area (Å²) >= 11 is -1.13. The minimum atomic E-state index is -4.53. The van der Waals surface area contributed by atoms with Crippen molar-refractivity contribution in [3.8, 4) is 16.9 Å². The maximum atomic E-state index is 13.7. The van der Waals surface area contributed by atoms with Crippen molar-refractivity contribution < 1.29 is 40.7 Å². The molecule has 3 aromatic carbocycles. The number of likely N-dealkylation sites (tertiary alicyclic amines) is 1. The molecule has 2 aliphatic rings. The number of unbranched alkanes of at least 4 members (excludes halogenated alkanes) is 1. The summed E-state index contributed by atoms with van der Waals surface area (Å²) in [6.45, 7) is -0.552. The Hall–Kier alpha value is -3.30. The molecule has 1 atom stereocenters. The standard InChI is InChI=1S/C34H35AsF6N2O3/c36-33(37,38)21-42-31(45)32(27-12-4-1-9-24(27)25-10-2-5-13-28(25)32)17-7-8-18-43-19-15-23(16-20-43)35-30(44)26-11-3-6-14-29(26)46-22-34(39,40)41/h1-6,9-14,23,35H,7-8,15-22H2,(H,42,45). The van der Waals surface area contributed by atoms with Crippen molar-refractivity contribution in [2.24, 2.45) is 0 Å². The molecule has 5 rings (SSSR count). The molecule has 1 aliphatic heterocycles. The number of nitrogens with zero attached hydrogens (tertiary/aromatic N) is 1. The van der Waals surface area contributed by atoms with E-state index in [0.717, 1.165) is 61.2 Å². The monoisotopic (exact) mass is 708 g/mol. The van der Waals surface area contributed by atoms with Crippen LogP contribution >= 0.6 is 0 Å². The Morgan fingerprint density at radius 2 is 1.41 bits per heavy atom. The van der Waals surface area contributed by atoms with Crippen LogP contribution in [0.2, 0.25) is 4.71 Å². The Morgan fingerprint density at radius 3 is 2.02 bits per heavy atom. The molecule has 246 valence electrons. The number of hydrogen-bond acceptors (Lipinski definition) is 4. The fourth-order valence-corrected chi connectivity index (χ4v) is 9.20. The molecule has 12 heteroatoms. The van der Waals surface area contributed by atoms with Crippen LogP contribution in [-0.4, -0.2) is 76.3 Å². The molecule has 1 aliphatic carbocycles. The summed E-state index contributed by atoms with van der Waals surface area (Å²) in [4.78, 5) is 29.0. The third-order valence-corrected chi connectivity index (χ3v) is 11.8. The zero-order valence-corrected chi connectivity index (χ0v) is 27.1. The van der Waals surface area contributed by atoms with Crippen molar-refractivity contribution >= 4 is 26.2 Å². The molecular formula is C34H35AsF6N2O3. The molecule has 3 aromatic rings.